The van der Waals surface area contributed by atoms with Gasteiger partial charge in [0.05, 0.1) is 13.2 Å². The molecule has 0 bridgehead atoms. The summed E-state index contributed by atoms with van der Waals surface area (Å²) in [6.45, 7) is 1.84. The maximum Gasteiger partial charge on any atom is 0.0558 e. The van der Waals surface area contributed by atoms with Crippen LogP contribution in [-0.4, -0.2) is 47.5 Å². The van der Waals surface area contributed by atoms with Gasteiger partial charge in [-0.1, -0.05) is 19.3 Å². The molecule has 0 aliphatic heterocycles. The Morgan fingerprint density at radius 3 is 1.86 bits per heavy atom. The van der Waals surface area contributed by atoms with E-state index in [0.717, 1.165) is 0 Å². The Morgan fingerprint density at radius 2 is 1.43 bits per heavy atom. The Kier molecular flexibility index (Phi) is 8.58. The van der Waals surface area contributed by atoms with Crippen molar-refractivity contribution in [3.05, 3.63) is 0 Å². The first-order chi connectivity index (χ1) is 6.38. The Hall–Kier alpha value is 0.170. The number of aliphatic hydroxyl groups is 2. The molecule has 0 heterocycles. The predicted octanol–water partition coefficient (Wildman–Crippen LogP) is 1.03. The average molecular weight is 224 g/mol. The van der Waals surface area contributed by atoms with Gasteiger partial charge in [0.25, 0.3) is 0 Å². The Morgan fingerprint density at radius 1 is 0.929 bits per heavy atom. The van der Waals surface area contributed by atoms with E-state index in [1.807, 2.05) is 0 Å². The molecule has 3 nitrogen and oxygen atoms in total. The van der Waals surface area contributed by atoms with Crippen LogP contribution in [0.3, 0.4) is 0 Å². The van der Waals surface area contributed by atoms with Gasteiger partial charge < -0.3 is 10.2 Å². The maximum atomic E-state index is 8.87. The van der Waals surface area contributed by atoms with Crippen LogP contribution in [0.1, 0.15) is 32.1 Å². The molecule has 14 heavy (non-hydrogen) atoms. The average Bonchev–Trinajstić information content (AvgIpc) is 2.19. The van der Waals surface area contributed by atoms with Gasteiger partial charge >= 0.3 is 0 Å². The topological polar surface area (TPSA) is 43.7 Å². The van der Waals surface area contributed by atoms with E-state index in [4.69, 9.17) is 10.2 Å². The van der Waals surface area contributed by atoms with E-state index < -0.39 is 0 Å². The standard InChI is InChI=1S/C10H21NO2.ClH/c12-8-6-11(7-9-13)10-4-2-1-3-5-10;/h10,12-13H,1-9H2;1H. The lowest BCUT2D eigenvalue weighted by atomic mass is 9.94. The molecule has 0 atom stereocenters. The van der Waals surface area contributed by atoms with E-state index in [1.165, 1.54) is 32.1 Å². The lowest BCUT2D eigenvalue weighted by Crippen LogP contribution is -2.40. The molecule has 0 aromatic heterocycles. The van der Waals surface area contributed by atoms with Crippen molar-refractivity contribution >= 4 is 12.4 Å². The zero-order chi connectivity index (χ0) is 9.52. The van der Waals surface area contributed by atoms with E-state index in [1.54, 1.807) is 0 Å². The second kappa shape index (κ2) is 8.48. The largest absolute Gasteiger partial charge is 0.395 e. The second-order valence-corrected chi connectivity index (χ2v) is 3.78. The minimum absolute atomic E-state index is 0. The van der Waals surface area contributed by atoms with Crippen molar-refractivity contribution in [3.8, 4) is 0 Å². The lowest BCUT2D eigenvalue weighted by Gasteiger charge is -2.33. The number of hydrogen-bond donors (Lipinski definition) is 2. The molecule has 0 saturated heterocycles. The van der Waals surface area contributed by atoms with Crippen molar-refractivity contribution in [2.45, 2.75) is 38.1 Å². The summed E-state index contributed by atoms with van der Waals surface area (Å²) in [6.07, 6.45) is 6.43. The highest BCUT2D eigenvalue weighted by atomic mass is 35.5. The van der Waals surface area contributed by atoms with E-state index in [-0.39, 0.29) is 25.6 Å². The zero-order valence-corrected chi connectivity index (χ0v) is 9.51. The summed E-state index contributed by atoms with van der Waals surface area (Å²) >= 11 is 0. The normalized spacial score (nSPS) is 18.2. The SMILES string of the molecule is Cl.OCCN(CCO)C1CCCCC1. The summed E-state index contributed by atoms with van der Waals surface area (Å²) in [5.41, 5.74) is 0. The van der Waals surface area contributed by atoms with Crippen LogP contribution in [0.2, 0.25) is 0 Å². The van der Waals surface area contributed by atoms with Crippen molar-refractivity contribution in [3.63, 3.8) is 0 Å². The Bertz CT molecular complexity index is 123. The molecule has 0 aromatic rings. The first-order valence-electron chi connectivity index (χ1n) is 5.34. The number of hydrogen-bond acceptors (Lipinski definition) is 3. The zero-order valence-electron chi connectivity index (χ0n) is 8.69. The molecule has 1 aliphatic rings. The van der Waals surface area contributed by atoms with Gasteiger partial charge in [-0.05, 0) is 12.8 Å². The number of aliphatic hydroxyl groups excluding tert-OH is 2. The highest BCUT2D eigenvalue weighted by Crippen LogP contribution is 2.21. The maximum absolute atomic E-state index is 8.87. The summed E-state index contributed by atoms with van der Waals surface area (Å²) < 4.78 is 0. The van der Waals surface area contributed by atoms with Crippen LogP contribution in [0.4, 0.5) is 0 Å². The number of rotatable bonds is 5. The summed E-state index contributed by atoms with van der Waals surface area (Å²) in [7, 11) is 0. The van der Waals surface area contributed by atoms with Crippen molar-refractivity contribution in [2.24, 2.45) is 0 Å². The molecule has 86 valence electrons. The molecule has 1 rings (SSSR count). The molecule has 0 unspecified atom stereocenters. The van der Waals surface area contributed by atoms with Gasteiger partial charge in [0, 0.05) is 19.1 Å². The van der Waals surface area contributed by atoms with Crippen LogP contribution in [0.15, 0.2) is 0 Å². The molecule has 0 amide bonds. The van der Waals surface area contributed by atoms with Crippen LogP contribution in [-0.2, 0) is 0 Å². The predicted molar refractivity (Wildman–Crippen MR) is 59.9 cm³/mol. The first-order valence-corrected chi connectivity index (χ1v) is 5.34. The van der Waals surface area contributed by atoms with Gasteiger partial charge in [-0.15, -0.1) is 12.4 Å². The molecule has 1 saturated carbocycles. The molecular weight excluding hydrogens is 202 g/mol. The van der Waals surface area contributed by atoms with Gasteiger partial charge in [0.1, 0.15) is 0 Å². The fraction of sp³-hybridized carbons (Fsp3) is 1.00. The highest BCUT2D eigenvalue weighted by Gasteiger charge is 2.19. The van der Waals surface area contributed by atoms with Gasteiger partial charge in [-0.25, -0.2) is 0 Å². The summed E-state index contributed by atoms with van der Waals surface area (Å²) in [4.78, 5) is 2.22. The minimum atomic E-state index is 0. The molecular formula is C10H22ClNO2. The van der Waals surface area contributed by atoms with Crippen LogP contribution >= 0.6 is 12.4 Å². The fourth-order valence-corrected chi connectivity index (χ4v) is 2.18. The fourth-order valence-electron chi connectivity index (χ4n) is 2.18. The smallest absolute Gasteiger partial charge is 0.0558 e. The molecule has 1 fully saturated rings. The molecule has 0 radical (unpaired) electrons. The quantitative estimate of drug-likeness (QED) is 0.732. The van der Waals surface area contributed by atoms with Crippen LogP contribution in [0.25, 0.3) is 0 Å². The Labute approximate surface area is 92.5 Å². The first kappa shape index (κ1) is 14.2. The third kappa shape index (κ3) is 4.60. The third-order valence-electron chi connectivity index (χ3n) is 2.87. The Balaban J connectivity index is 0.00000169. The molecule has 4 heteroatoms. The lowest BCUT2D eigenvalue weighted by molar-refractivity contribution is 0.101. The number of halogens is 1. The second-order valence-electron chi connectivity index (χ2n) is 3.78. The third-order valence-corrected chi connectivity index (χ3v) is 2.87. The van der Waals surface area contributed by atoms with Crippen molar-refractivity contribution in [1.82, 2.24) is 4.90 Å². The van der Waals surface area contributed by atoms with Crippen molar-refractivity contribution < 1.29 is 10.2 Å². The van der Waals surface area contributed by atoms with E-state index in [9.17, 15) is 0 Å². The molecule has 1 aliphatic carbocycles. The van der Waals surface area contributed by atoms with E-state index in [2.05, 4.69) is 4.90 Å². The van der Waals surface area contributed by atoms with Crippen LogP contribution in [0, 0.1) is 0 Å². The highest BCUT2D eigenvalue weighted by molar-refractivity contribution is 5.85. The van der Waals surface area contributed by atoms with Gasteiger partial charge in [-0.2, -0.15) is 0 Å². The number of nitrogens with zero attached hydrogens (tertiary/aromatic N) is 1. The van der Waals surface area contributed by atoms with Crippen molar-refractivity contribution in [2.75, 3.05) is 26.3 Å². The molecule has 0 aromatic carbocycles. The summed E-state index contributed by atoms with van der Waals surface area (Å²) in [6, 6.07) is 0.605. The van der Waals surface area contributed by atoms with Gasteiger partial charge in [0.2, 0.25) is 0 Å². The summed E-state index contributed by atoms with van der Waals surface area (Å²) in [5.74, 6) is 0. The van der Waals surface area contributed by atoms with E-state index in [0.29, 0.717) is 19.1 Å². The van der Waals surface area contributed by atoms with Crippen LogP contribution in [0.5, 0.6) is 0 Å². The molecule has 0 spiro atoms. The van der Waals surface area contributed by atoms with E-state index >= 15 is 0 Å². The van der Waals surface area contributed by atoms with Gasteiger partial charge in [-0.3, -0.25) is 4.90 Å². The van der Waals surface area contributed by atoms with Crippen molar-refractivity contribution in [1.29, 1.82) is 0 Å². The van der Waals surface area contributed by atoms with Gasteiger partial charge in [0.15, 0.2) is 0 Å². The minimum Gasteiger partial charge on any atom is -0.395 e. The summed E-state index contributed by atoms with van der Waals surface area (Å²) in [5, 5.41) is 17.7. The monoisotopic (exact) mass is 223 g/mol. The van der Waals surface area contributed by atoms with Crippen LogP contribution < -0.4 is 0 Å². The molecule has 2 N–H and O–H groups in total.